The van der Waals surface area contributed by atoms with E-state index in [1.807, 2.05) is 26.0 Å². The molecular weight excluding hydrogens is 408 g/mol. The summed E-state index contributed by atoms with van der Waals surface area (Å²) in [6.45, 7) is 5.39. The largest absolute Gasteiger partial charge is 0.326 e. The molecular formula is C21H24N2O4S2. The number of thioether (sulfide) groups is 1. The second kappa shape index (κ2) is 8.59. The van der Waals surface area contributed by atoms with E-state index in [0.29, 0.717) is 23.5 Å². The SMILES string of the molecule is Cc1cccc(NC(=O)C[C@H](C)S(=O)(=O)c2ccc3c(c2)NC(=O)CCS3)c1C. The van der Waals surface area contributed by atoms with Gasteiger partial charge in [0.05, 0.1) is 15.8 Å². The van der Waals surface area contributed by atoms with Crippen molar-refractivity contribution in [2.24, 2.45) is 0 Å². The zero-order valence-electron chi connectivity index (χ0n) is 16.6. The summed E-state index contributed by atoms with van der Waals surface area (Å²) in [4.78, 5) is 25.2. The highest BCUT2D eigenvalue weighted by Gasteiger charge is 2.27. The van der Waals surface area contributed by atoms with Crippen LogP contribution in [0.2, 0.25) is 0 Å². The summed E-state index contributed by atoms with van der Waals surface area (Å²) in [5.41, 5.74) is 3.19. The smallest absolute Gasteiger partial charge is 0.225 e. The maximum atomic E-state index is 13.0. The van der Waals surface area contributed by atoms with Crippen LogP contribution in [-0.2, 0) is 19.4 Å². The first-order valence-corrected chi connectivity index (χ1v) is 11.9. The highest BCUT2D eigenvalue weighted by atomic mass is 32.2. The number of benzene rings is 2. The van der Waals surface area contributed by atoms with Gasteiger partial charge in [-0.3, -0.25) is 9.59 Å². The number of carbonyl (C=O) groups excluding carboxylic acids is 2. The standard InChI is InChI=1S/C21H24N2O4S2/c1-13-5-4-6-17(15(13)3)22-21(25)11-14(2)29(26,27)16-7-8-19-18(12-16)23-20(24)9-10-28-19/h4-8,12,14H,9-11H2,1-3H3,(H,22,25)(H,23,24)/t14-/m0/s1. The molecule has 2 N–H and O–H groups in total. The van der Waals surface area contributed by atoms with E-state index in [0.717, 1.165) is 16.0 Å². The van der Waals surface area contributed by atoms with Gasteiger partial charge in [0.15, 0.2) is 9.84 Å². The van der Waals surface area contributed by atoms with Crippen molar-refractivity contribution >= 4 is 44.8 Å². The van der Waals surface area contributed by atoms with E-state index in [2.05, 4.69) is 10.6 Å². The van der Waals surface area contributed by atoms with Crippen LogP contribution in [0.3, 0.4) is 0 Å². The molecule has 0 aromatic heterocycles. The summed E-state index contributed by atoms with van der Waals surface area (Å²) in [5, 5.41) is 4.66. The number of nitrogens with one attached hydrogen (secondary N) is 2. The lowest BCUT2D eigenvalue weighted by Gasteiger charge is -2.16. The molecule has 0 spiro atoms. The Bertz CT molecular complexity index is 1060. The first-order chi connectivity index (χ1) is 13.7. The number of amides is 2. The van der Waals surface area contributed by atoms with Crippen LogP contribution in [0.1, 0.15) is 30.9 Å². The molecule has 1 heterocycles. The van der Waals surface area contributed by atoms with Crippen molar-refractivity contribution in [3.63, 3.8) is 0 Å². The molecule has 0 unspecified atom stereocenters. The number of hydrogen-bond donors (Lipinski definition) is 2. The molecule has 0 radical (unpaired) electrons. The second-order valence-electron chi connectivity index (χ2n) is 7.16. The third-order valence-corrected chi connectivity index (χ3v) is 8.23. The normalized spacial score (nSPS) is 15.1. The van der Waals surface area contributed by atoms with Crippen molar-refractivity contribution in [2.45, 2.75) is 48.7 Å². The molecule has 8 heteroatoms. The maximum Gasteiger partial charge on any atom is 0.225 e. The fraction of sp³-hybridized carbons (Fsp3) is 0.333. The fourth-order valence-electron chi connectivity index (χ4n) is 3.07. The van der Waals surface area contributed by atoms with Crippen molar-refractivity contribution in [2.75, 3.05) is 16.4 Å². The van der Waals surface area contributed by atoms with Crippen molar-refractivity contribution in [3.05, 3.63) is 47.5 Å². The Balaban J connectivity index is 1.76. The fourth-order valence-corrected chi connectivity index (χ4v) is 5.38. The number of sulfone groups is 1. The van der Waals surface area contributed by atoms with Crippen LogP contribution in [0.4, 0.5) is 11.4 Å². The number of fused-ring (bicyclic) bond motifs is 1. The topological polar surface area (TPSA) is 92.3 Å². The summed E-state index contributed by atoms with van der Waals surface area (Å²) < 4.78 is 26.0. The Hall–Kier alpha value is -2.32. The predicted molar refractivity (Wildman–Crippen MR) is 116 cm³/mol. The van der Waals surface area contributed by atoms with Crippen LogP contribution in [0.5, 0.6) is 0 Å². The Labute approximate surface area is 175 Å². The third kappa shape index (κ3) is 4.82. The molecule has 0 saturated heterocycles. The van der Waals surface area contributed by atoms with Gasteiger partial charge in [0.1, 0.15) is 0 Å². The molecule has 6 nitrogen and oxygen atoms in total. The van der Waals surface area contributed by atoms with E-state index >= 15 is 0 Å². The average Bonchev–Trinajstić information content (AvgIpc) is 2.85. The number of anilines is 2. The van der Waals surface area contributed by atoms with Gasteiger partial charge in [-0.05, 0) is 56.2 Å². The lowest BCUT2D eigenvalue weighted by Crippen LogP contribution is -2.25. The number of rotatable bonds is 5. The zero-order chi connectivity index (χ0) is 21.2. The Morgan fingerprint density at radius 1 is 1.24 bits per heavy atom. The van der Waals surface area contributed by atoms with Crippen molar-refractivity contribution in [3.8, 4) is 0 Å². The van der Waals surface area contributed by atoms with Crippen LogP contribution >= 0.6 is 11.8 Å². The molecule has 1 aliphatic heterocycles. The van der Waals surface area contributed by atoms with Gasteiger partial charge >= 0.3 is 0 Å². The van der Waals surface area contributed by atoms with Crippen molar-refractivity contribution < 1.29 is 18.0 Å². The maximum absolute atomic E-state index is 13.0. The molecule has 0 aliphatic carbocycles. The van der Waals surface area contributed by atoms with E-state index in [9.17, 15) is 18.0 Å². The van der Waals surface area contributed by atoms with E-state index in [-0.39, 0.29) is 23.1 Å². The minimum Gasteiger partial charge on any atom is -0.326 e. The molecule has 154 valence electrons. The third-order valence-electron chi connectivity index (χ3n) is 5.02. The minimum absolute atomic E-state index is 0.103. The van der Waals surface area contributed by atoms with Crippen LogP contribution in [0.15, 0.2) is 46.2 Å². The monoisotopic (exact) mass is 432 g/mol. The van der Waals surface area contributed by atoms with Gasteiger partial charge in [-0.1, -0.05) is 12.1 Å². The van der Waals surface area contributed by atoms with E-state index in [4.69, 9.17) is 0 Å². The Morgan fingerprint density at radius 3 is 2.76 bits per heavy atom. The summed E-state index contributed by atoms with van der Waals surface area (Å²) in [6, 6.07) is 10.3. The summed E-state index contributed by atoms with van der Waals surface area (Å²) in [7, 11) is -3.73. The van der Waals surface area contributed by atoms with Gasteiger partial charge in [-0.25, -0.2) is 8.42 Å². The van der Waals surface area contributed by atoms with Gasteiger partial charge in [-0.15, -0.1) is 11.8 Å². The van der Waals surface area contributed by atoms with Crippen molar-refractivity contribution in [1.29, 1.82) is 0 Å². The first kappa shape index (κ1) is 21.4. The predicted octanol–water partition coefficient (Wildman–Crippen LogP) is 3.93. The van der Waals surface area contributed by atoms with Gasteiger partial charge in [0.2, 0.25) is 11.8 Å². The zero-order valence-corrected chi connectivity index (χ0v) is 18.2. The van der Waals surface area contributed by atoms with Crippen LogP contribution in [0, 0.1) is 13.8 Å². The first-order valence-electron chi connectivity index (χ1n) is 9.35. The van der Waals surface area contributed by atoms with E-state index in [1.165, 1.54) is 30.8 Å². The summed E-state index contributed by atoms with van der Waals surface area (Å²) >= 11 is 1.51. The quantitative estimate of drug-likeness (QED) is 0.747. The van der Waals surface area contributed by atoms with Gasteiger partial charge in [0, 0.05) is 29.2 Å². The van der Waals surface area contributed by atoms with Crippen LogP contribution < -0.4 is 10.6 Å². The van der Waals surface area contributed by atoms with Crippen LogP contribution in [-0.4, -0.2) is 31.2 Å². The van der Waals surface area contributed by atoms with Crippen molar-refractivity contribution in [1.82, 2.24) is 0 Å². The highest BCUT2D eigenvalue weighted by molar-refractivity contribution is 7.99. The molecule has 0 bridgehead atoms. The van der Waals surface area contributed by atoms with Crippen LogP contribution in [0.25, 0.3) is 0 Å². The number of carbonyl (C=O) groups is 2. The van der Waals surface area contributed by atoms with E-state index in [1.54, 1.807) is 12.1 Å². The molecule has 0 fully saturated rings. The summed E-state index contributed by atoms with van der Waals surface area (Å²) in [6.07, 6.45) is 0.226. The van der Waals surface area contributed by atoms with Gasteiger partial charge in [-0.2, -0.15) is 0 Å². The van der Waals surface area contributed by atoms with Gasteiger partial charge < -0.3 is 10.6 Å². The molecule has 2 amide bonds. The number of aryl methyl sites for hydroxylation is 1. The molecule has 0 saturated carbocycles. The molecule has 1 atom stereocenters. The Morgan fingerprint density at radius 2 is 2.00 bits per heavy atom. The molecule has 2 aromatic carbocycles. The molecule has 1 aliphatic rings. The second-order valence-corrected chi connectivity index (χ2v) is 10.7. The van der Waals surface area contributed by atoms with E-state index < -0.39 is 15.1 Å². The lowest BCUT2D eigenvalue weighted by molar-refractivity contribution is -0.116. The summed E-state index contributed by atoms with van der Waals surface area (Å²) in [5.74, 6) is 0.167. The average molecular weight is 433 g/mol. The molecule has 2 aromatic rings. The molecule has 3 rings (SSSR count). The minimum atomic E-state index is -3.73. The number of hydrogen-bond acceptors (Lipinski definition) is 5. The molecule has 29 heavy (non-hydrogen) atoms. The highest BCUT2D eigenvalue weighted by Crippen LogP contribution is 2.33. The lowest BCUT2D eigenvalue weighted by atomic mass is 10.1. The Kier molecular flexibility index (Phi) is 6.33. The van der Waals surface area contributed by atoms with Gasteiger partial charge in [0.25, 0.3) is 0 Å².